The minimum absolute atomic E-state index is 0.0191. The molecule has 0 bridgehead atoms. The van der Waals surface area contributed by atoms with Gasteiger partial charge in [0, 0.05) is 11.1 Å². The molecule has 0 fully saturated rings. The second-order valence-corrected chi connectivity index (χ2v) is 5.17. The Balaban J connectivity index is 1.69. The lowest BCUT2D eigenvalue weighted by Gasteiger charge is -2.05. The van der Waals surface area contributed by atoms with E-state index < -0.39 is 13.3 Å². The van der Waals surface area contributed by atoms with E-state index in [0.717, 1.165) is 11.1 Å². The molecule has 0 amide bonds. The fourth-order valence-corrected chi connectivity index (χ4v) is 2.17. The molecule has 2 aromatic carbocycles. The van der Waals surface area contributed by atoms with Crippen LogP contribution in [0.2, 0.25) is 0 Å². The summed E-state index contributed by atoms with van der Waals surface area (Å²) in [5.41, 5.74) is 1.44. The van der Waals surface area contributed by atoms with Gasteiger partial charge in [-0.3, -0.25) is 0 Å². The number of benzene rings is 2. The highest BCUT2D eigenvalue weighted by atomic mass is 19.1. The Morgan fingerprint density at radius 2 is 0.923 bits per heavy atom. The zero-order chi connectivity index (χ0) is 18.2. The molecule has 0 N–H and O–H groups in total. The van der Waals surface area contributed by atoms with Crippen LogP contribution in [-0.2, 0) is 0 Å². The van der Waals surface area contributed by atoms with Gasteiger partial charge in [-0.25, -0.2) is 8.78 Å². The van der Waals surface area contributed by atoms with Crippen molar-refractivity contribution in [3.63, 3.8) is 0 Å². The molecule has 8 heteroatoms. The van der Waals surface area contributed by atoms with Gasteiger partial charge in [0.2, 0.25) is 11.6 Å². The van der Waals surface area contributed by atoms with Gasteiger partial charge in [-0.15, -0.1) is 20.4 Å². The fraction of sp³-hybridized carbons (Fsp3) is 0.222. The van der Waals surface area contributed by atoms with E-state index in [-0.39, 0.29) is 13.2 Å². The van der Waals surface area contributed by atoms with Gasteiger partial charge in [0.05, 0.1) is 0 Å². The number of nitrogens with zero attached hydrogens (tertiary/aromatic N) is 4. The van der Waals surface area contributed by atoms with E-state index in [1.54, 1.807) is 48.5 Å². The first kappa shape index (κ1) is 17.7. The maximum absolute atomic E-state index is 12.1. The SMILES string of the molecule is FCCOc1ccc(-c2nnc(-c3ccc(OCCF)cc3)nn2)cc1. The first-order valence-electron chi connectivity index (χ1n) is 7.96. The Hall–Kier alpha value is -3.16. The quantitative estimate of drug-likeness (QED) is 0.615. The van der Waals surface area contributed by atoms with Crippen molar-refractivity contribution in [1.29, 1.82) is 0 Å². The summed E-state index contributed by atoms with van der Waals surface area (Å²) in [7, 11) is 0. The molecular formula is C18H16F2N4O2. The van der Waals surface area contributed by atoms with Gasteiger partial charge in [-0.2, -0.15) is 0 Å². The molecule has 0 saturated carbocycles. The van der Waals surface area contributed by atoms with Gasteiger partial charge >= 0.3 is 0 Å². The molecule has 0 aliphatic rings. The summed E-state index contributed by atoms with van der Waals surface area (Å²) in [5, 5.41) is 16.3. The number of aromatic nitrogens is 4. The van der Waals surface area contributed by atoms with E-state index in [1.165, 1.54) is 0 Å². The Morgan fingerprint density at radius 3 is 1.23 bits per heavy atom. The fourth-order valence-electron chi connectivity index (χ4n) is 2.17. The van der Waals surface area contributed by atoms with Gasteiger partial charge in [0.25, 0.3) is 0 Å². The molecule has 6 nitrogen and oxygen atoms in total. The Bertz CT molecular complexity index is 742. The number of halogens is 2. The molecule has 0 unspecified atom stereocenters. The van der Waals surface area contributed by atoms with Crippen LogP contribution in [0.15, 0.2) is 48.5 Å². The number of hydrogen-bond donors (Lipinski definition) is 0. The normalized spacial score (nSPS) is 10.5. The van der Waals surface area contributed by atoms with Gasteiger partial charge in [0.1, 0.15) is 38.1 Å². The first-order chi connectivity index (χ1) is 12.8. The van der Waals surface area contributed by atoms with Crippen molar-refractivity contribution < 1.29 is 18.3 Å². The maximum atomic E-state index is 12.1. The largest absolute Gasteiger partial charge is 0.491 e. The van der Waals surface area contributed by atoms with E-state index in [2.05, 4.69) is 20.4 Å². The van der Waals surface area contributed by atoms with Crippen molar-refractivity contribution in [2.24, 2.45) is 0 Å². The van der Waals surface area contributed by atoms with Gasteiger partial charge < -0.3 is 9.47 Å². The standard InChI is InChI=1S/C18H16F2N4O2/c19-9-11-25-15-5-1-13(2-6-15)17-21-23-18(24-22-17)14-3-7-16(8-4-14)26-12-10-20/h1-8H,9-12H2. The molecule has 0 aliphatic heterocycles. The Morgan fingerprint density at radius 1 is 0.577 bits per heavy atom. The molecule has 0 atom stereocenters. The molecular weight excluding hydrogens is 342 g/mol. The molecule has 3 aromatic rings. The molecule has 0 radical (unpaired) electrons. The smallest absolute Gasteiger partial charge is 0.203 e. The number of alkyl halides is 2. The summed E-state index contributed by atoms with van der Waals surface area (Å²) < 4.78 is 34.5. The summed E-state index contributed by atoms with van der Waals surface area (Å²) in [6, 6.07) is 13.8. The monoisotopic (exact) mass is 358 g/mol. The number of hydrogen-bond acceptors (Lipinski definition) is 6. The van der Waals surface area contributed by atoms with Crippen LogP contribution in [-0.4, -0.2) is 47.0 Å². The van der Waals surface area contributed by atoms with Crippen LogP contribution in [0.3, 0.4) is 0 Å². The van der Waals surface area contributed by atoms with Gasteiger partial charge in [-0.1, -0.05) is 0 Å². The van der Waals surface area contributed by atoms with Crippen molar-refractivity contribution in [3.05, 3.63) is 48.5 Å². The lowest BCUT2D eigenvalue weighted by atomic mass is 10.2. The molecule has 0 aliphatic carbocycles. The molecule has 1 aromatic heterocycles. The molecule has 134 valence electrons. The van der Waals surface area contributed by atoms with E-state index in [1.807, 2.05) is 0 Å². The van der Waals surface area contributed by atoms with Gasteiger partial charge in [-0.05, 0) is 48.5 Å². The molecule has 3 rings (SSSR count). The van der Waals surface area contributed by atoms with Crippen LogP contribution in [0, 0.1) is 0 Å². The van der Waals surface area contributed by atoms with Crippen LogP contribution in [0.4, 0.5) is 8.78 Å². The average molecular weight is 358 g/mol. The summed E-state index contributed by atoms with van der Waals surface area (Å²) in [6.07, 6.45) is 0. The third-order valence-electron chi connectivity index (χ3n) is 3.40. The molecule has 0 saturated heterocycles. The van der Waals surface area contributed by atoms with E-state index in [4.69, 9.17) is 9.47 Å². The lowest BCUT2D eigenvalue weighted by Crippen LogP contribution is -2.01. The third kappa shape index (κ3) is 4.47. The summed E-state index contributed by atoms with van der Waals surface area (Å²) in [5.74, 6) is 1.88. The lowest BCUT2D eigenvalue weighted by molar-refractivity contribution is 0.273. The van der Waals surface area contributed by atoms with Crippen LogP contribution in [0.25, 0.3) is 22.8 Å². The third-order valence-corrected chi connectivity index (χ3v) is 3.40. The van der Waals surface area contributed by atoms with Crippen LogP contribution < -0.4 is 9.47 Å². The van der Waals surface area contributed by atoms with Gasteiger partial charge in [0.15, 0.2) is 0 Å². The highest BCUT2D eigenvalue weighted by Gasteiger charge is 2.07. The van der Waals surface area contributed by atoms with Crippen LogP contribution in [0.5, 0.6) is 11.5 Å². The van der Waals surface area contributed by atoms with Crippen molar-refractivity contribution in [1.82, 2.24) is 20.4 Å². The number of rotatable bonds is 8. The Kier molecular flexibility index (Phi) is 5.97. The highest BCUT2D eigenvalue weighted by Crippen LogP contribution is 2.21. The van der Waals surface area contributed by atoms with Crippen LogP contribution >= 0.6 is 0 Å². The van der Waals surface area contributed by atoms with Crippen LogP contribution in [0.1, 0.15) is 0 Å². The molecule has 1 heterocycles. The minimum atomic E-state index is -0.539. The first-order valence-corrected chi connectivity index (χ1v) is 7.96. The topological polar surface area (TPSA) is 70.0 Å². The highest BCUT2D eigenvalue weighted by molar-refractivity contribution is 5.58. The average Bonchev–Trinajstić information content (AvgIpc) is 2.72. The van der Waals surface area contributed by atoms with E-state index in [0.29, 0.717) is 23.1 Å². The summed E-state index contributed by atoms with van der Waals surface area (Å²) in [6.45, 7) is -1.04. The van der Waals surface area contributed by atoms with Crippen molar-refractivity contribution in [3.8, 4) is 34.3 Å². The Labute approximate surface area is 148 Å². The second-order valence-electron chi connectivity index (χ2n) is 5.17. The minimum Gasteiger partial charge on any atom is -0.491 e. The van der Waals surface area contributed by atoms with E-state index in [9.17, 15) is 8.78 Å². The molecule has 26 heavy (non-hydrogen) atoms. The zero-order valence-electron chi connectivity index (χ0n) is 13.8. The predicted octanol–water partition coefficient (Wildman–Crippen LogP) is 3.30. The van der Waals surface area contributed by atoms with Crippen molar-refractivity contribution in [2.75, 3.05) is 26.6 Å². The second kappa shape index (κ2) is 8.80. The predicted molar refractivity (Wildman–Crippen MR) is 91.4 cm³/mol. The van der Waals surface area contributed by atoms with E-state index >= 15 is 0 Å². The summed E-state index contributed by atoms with van der Waals surface area (Å²) >= 11 is 0. The molecule has 0 spiro atoms. The summed E-state index contributed by atoms with van der Waals surface area (Å²) in [4.78, 5) is 0. The maximum Gasteiger partial charge on any atom is 0.203 e. The number of ether oxygens (including phenoxy) is 2. The van der Waals surface area contributed by atoms with Crippen molar-refractivity contribution >= 4 is 0 Å². The zero-order valence-corrected chi connectivity index (χ0v) is 13.8. The van der Waals surface area contributed by atoms with Crippen molar-refractivity contribution in [2.45, 2.75) is 0 Å².